The number of carbonyl (C=O) groups excluding carboxylic acids is 3. The van der Waals surface area contributed by atoms with Crippen LogP contribution in [0.3, 0.4) is 0 Å². The second kappa shape index (κ2) is 22.5. The Morgan fingerprint density at radius 3 is 2.43 bits per heavy atom. The van der Waals surface area contributed by atoms with Crippen molar-refractivity contribution in [3.05, 3.63) is 107 Å². The van der Waals surface area contributed by atoms with E-state index in [4.69, 9.17) is 28.7 Å². The van der Waals surface area contributed by atoms with E-state index in [0.717, 1.165) is 72.8 Å². The fourth-order valence-electron chi connectivity index (χ4n) is 13.5. The number of benzene rings is 3. The zero-order valence-corrected chi connectivity index (χ0v) is 48.9. The molecule has 3 aromatic carbocycles. The van der Waals surface area contributed by atoms with Crippen LogP contribution in [0.1, 0.15) is 115 Å². The molecule has 9 heterocycles. The number of thiazole rings is 1. The van der Waals surface area contributed by atoms with Gasteiger partial charge < -0.3 is 39.0 Å². The number of carbonyl (C=O) groups is 3. The highest BCUT2D eigenvalue weighted by molar-refractivity contribution is 7.13. The average molecular weight is 1170 g/mol. The Morgan fingerprint density at radius 2 is 1.70 bits per heavy atom. The molecule has 12 rings (SSSR count). The highest BCUT2D eigenvalue weighted by Crippen LogP contribution is 2.45. The van der Waals surface area contributed by atoms with E-state index in [1.54, 1.807) is 29.5 Å². The molecule has 5 saturated heterocycles. The molecule has 2 unspecified atom stereocenters. The molecule has 18 nitrogen and oxygen atoms in total. The number of nitrogens with one attached hydrogen (secondary N) is 1. The van der Waals surface area contributed by atoms with Gasteiger partial charge in [0.25, 0.3) is 5.88 Å². The van der Waals surface area contributed by atoms with E-state index in [2.05, 4.69) is 25.3 Å². The van der Waals surface area contributed by atoms with Crippen LogP contribution in [0.5, 0.6) is 11.9 Å². The highest BCUT2D eigenvalue weighted by atomic mass is 32.1. The molecule has 3 amide bonds. The number of rotatable bonds is 15. The molecular formula is C62H69F3N10O8S. The molecule has 0 saturated carbocycles. The van der Waals surface area contributed by atoms with Crippen LogP contribution in [0, 0.1) is 30.3 Å². The lowest BCUT2D eigenvalue weighted by Gasteiger charge is -2.42. The first-order valence-electron chi connectivity index (χ1n) is 29.0. The number of piperazine rings is 1. The van der Waals surface area contributed by atoms with Gasteiger partial charge in [-0.3, -0.25) is 24.4 Å². The topological polar surface area (TPSA) is 202 Å². The van der Waals surface area contributed by atoms with Crippen molar-refractivity contribution in [1.29, 1.82) is 0 Å². The maximum Gasteiger partial charge on any atom is 0.410 e. The average Bonchev–Trinajstić information content (AvgIpc) is 2.86. The van der Waals surface area contributed by atoms with Gasteiger partial charge in [-0.25, -0.2) is 22.9 Å². The van der Waals surface area contributed by atoms with E-state index in [1.165, 1.54) is 23.2 Å². The number of aliphatic hydroxyl groups excluding tert-OH is 1. The molecule has 5 fully saturated rings. The third-order valence-corrected chi connectivity index (χ3v) is 18.5. The van der Waals surface area contributed by atoms with E-state index in [0.29, 0.717) is 29.7 Å². The Labute approximate surface area is 488 Å². The van der Waals surface area contributed by atoms with Gasteiger partial charge in [0, 0.05) is 55.3 Å². The second-order valence-corrected chi connectivity index (χ2v) is 25.4. The number of anilines is 1. The number of ether oxygens (including phenoxy) is 3. The molecule has 84 heavy (non-hydrogen) atoms. The lowest BCUT2D eigenvalue weighted by Crippen LogP contribution is -2.57. The standard InChI is InChI=1S/C62H69F3N10O8S/c1-33(2)49(58(78)73-29-42(76)24-46(73)57(77)68-34(3)36-12-14-38(15-13-36)55-35(4)67-32-84-55)47-25-48(71-83-47)80-30-41-20-22-62(21-9-23-74(41)62)31-81-59-69-54-44(26-66-53(52(54)65)43-11-8-10-37-16-19-45(63)51(64)50(37)43)56(70-59)72-27-39-17-18-40(28-72)75(39)60(79)82-61(5,6)7/h8,10-16,19,25-26,32-34,39-42,46,49,76H,9,17-18,20-24,27-31H2,1-7H3,(H,68,77)/t34-,39?,40?,41-,42+,46-,49-,62-/m0/s1. The van der Waals surface area contributed by atoms with Crippen LogP contribution >= 0.6 is 11.3 Å². The number of aryl methyl sites for hydroxylation is 1. The molecule has 22 heteroatoms. The van der Waals surface area contributed by atoms with Crippen molar-refractivity contribution in [2.75, 3.05) is 44.3 Å². The quantitative estimate of drug-likeness (QED) is 0.0981. The van der Waals surface area contributed by atoms with Gasteiger partial charge in [0.2, 0.25) is 11.8 Å². The smallest absolute Gasteiger partial charge is 0.410 e. The predicted molar refractivity (Wildman–Crippen MR) is 309 cm³/mol. The first kappa shape index (κ1) is 57.0. The van der Waals surface area contributed by atoms with Crippen molar-refractivity contribution in [2.45, 2.75) is 147 Å². The third kappa shape index (κ3) is 10.8. The Kier molecular flexibility index (Phi) is 15.3. The molecule has 0 radical (unpaired) electrons. The fraction of sp³-hybridized carbons (Fsp3) is 0.484. The zero-order chi connectivity index (χ0) is 58.9. The van der Waals surface area contributed by atoms with Gasteiger partial charge in [-0.1, -0.05) is 62.4 Å². The number of β-amino-alcohol motifs (C(OH)–C–C–N with tert-alkyl or cyclic N) is 1. The molecular weight excluding hydrogens is 1100 g/mol. The first-order valence-corrected chi connectivity index (χ1v) is 29.9. The maximum atomic E-state index is 17.4. The van der Waals surface area contributed by atoms with Gasteiger partial charge in [0.15, 0.2) is 23.2 Å². The monoisotopic (exact) mass is 1170 g/mol. The third-order valence-electron chi connectivity index (χ3n) is 17.5. The highest BCUT2D eigenvalue weighted by Gasteiger charge is 2.51. The largest absolute Gasteiger partial charge is 0.474 e. The number of fused-ring (bicyclic) bond motifs is 5. The minimum absolute atomic E-state index is 0.00563. The van der Waals surface area contributed by atoms with Crippen molar-refractivity contribution >= 4 is 56.7 Å². The molecule has 0 spiro atoms. The summed E-state index contributed by atoms with van der Waals surface area (Å²) in [6.45, 7) is 15.1. The van der Waals surface area contributed by atoms with Crippen molar-refractivity contribution in [3.8, 4) is 33.6 Å². The summed E-state index contributed by atoms with van der Waals surface area (Å²) in [7, 11) is 0. The van der Waals surface area contributed by atoms with Crippen LogP contribution in [-0.4, -0.2) is 144 Å². The molecule has 2 N–H and O–H groups in total. The number of pyridine rings is 1. The summed E-state index contributed by atoms with van der Waals surface area (Å²) in [5.74, 6) is -3.95. The number of aromatic nitrogens is 5. The van der Waals surface area contributed by atoms with Gasteiger partial charge >= 0.3 is 12.1 Å². The maximum absolute atomic E-state index is 17.4. The van der Waals surface area contributed by atoms with E-state index >= 15 is 8.78 Å². The second-order valence-electron chi connectivity index (χ2n) is 24.6. The minimum Gasteiger partial charge on any atom is -0.474 e. The number of likely N-dealkylation sites (tertiary alicyclic amines) is 1. The fourth-order valence-corrected chi connectivity index (χ4v) is 14.3. The summed E-state index contributed by atoms with van der Waals surface area (Å²) in [5.41, 5.74) is 3.35. The van der Waals surface area contributed by atoms with Gasteiger partial charge in [0.1, 0.15) is 47.8 Å². The number of amides is 3. The Morgan fingerprint density at radius 1 is 0.929 bits per heavy atom. The molecule has 442 valence electrons. The number of hydrogen-bond acceptors (Lipinski definition) is 16. The summed E-state index contributed by atoms with van der Waals surface area (Å²) in [6, 6.07) is 15.0. The van der Waals surface area contributed by atoms with Crippen LogP contribution in [-0.2, 0) is 14.3 Å². The van der Waals surface area contributed by atoms with Crippen molar-refractivity contribution in [2.24, 2.45) is 5.92 Å². The van der Waals surface area contributed by atoms with Crippen LogP contribution in [0.15, 0.2) is 76.9 Å². The SMILES string of the molecule is Cc1ncsc1-c1ccc([C@H](C)NC(=O)[C@@H]2C[C@@H](O)CN2C(=O)[C@H](c2cc(OC[C@@H]3CC[C@]4(COc5nc(N6CC7CCC(C6)N7C(=O)OC(C)(C)C)c6cnc(-c7cccc8ccc(F)c(F)c78)c(F)c6n5)CCCN34)no2)C(C)C)cc1. The Bertz CT molecular complexity index is 3640. The van der Waals surface area contributed by atoms with Crippen molar-refractivity contribution in [3.63, 3.8) is 0 Å². The van der Waals surface area contributed by atoms with Crippen molar-refractivity contribution < 1.29 is 51.4 Å². The van der Waals surface area contributed by atoms with E-state index in [-0.39, 0.29) is 114 Å². The predicted octanol–water partition coefficient (Wildman–Crippen LogP) is 10.3. The van der Waals surface area contributed by atoms with Crippen molar-refractivity contribution in [1.82, 2.24) is 45.1 Å². The van der Waals surface area contributed by atoms with E-state index in [9.17, 15) is 23.9 Å². The number of hydrogen-bond donors (Lipinski definition) is 2. The summed E-state index contributed by atoms with van der Waals surface area (Å²) in [6.07, 6.45) is 4.98. The van der Waals surface area contributed by atoms with E-state index in [1.807, 2.05) is 88.0 Å². The van der Waals surface area contributed by atoms with Gasteiger partial charge in [0.05, 0.1) is 51.2 Å². The molecule has 5 aliphatic heterocycles. The molecule has 8 atom stereocenters. The lowest BCUT2D eigenvalue weighted by atomic mass is 9.91. The number of aliphatic hydroxyl groups is 1. The Hall–Kier alpha value is -7.43. The Balaban J connectivity index is 0.742. The summed E-state index contributed by atoms with van der Waals surface area (Å²) in [5, 5.41) is 18.7. The zero-order valence-electron chi connectivity index (χ0n) is 48.1. The lowest BCUT2D eigenvalue weighted by molar-refractivity contribution is -0.141. The minimum atomic E-state index is -1.11. The summed E-state index contributed by atoms with van der Waals surface area (Å²) in [4.78, 5) is 69.2. The first-order chi connectivity index (χ1) is 40.2. The molecule has 4 aromatic heterocycles. The van der Waals surface area contributed by atoms with Crippen LogP contribution in [0.2, 0.25) is 0 Å². The number of halogens is 3. The number of nitrogens with zero attached hydrogens (tertiary/aromatic N) is 9. The van der Waals surface area contributed by atoms with Crippen LogP contribution in [0.4, 0.5) is 23.8 Å². The molecule has 2 bridgehead atoms. The normalized spacial score (nSPS) is 23.2. The molecule has 7 aromatic rings. The van der Waals surface area contributed by atoms with Gasteiger partial charge in [-0.05, 0) is 113 Å². The summed E-state index contributed by atoms with van der Waals surface area (Å²) < 4.78 is 72.3. The van der Waals surface area contributed by atoms with Gasteiger partial charge in [-0.2, -0.15) is 9.97 Å². The van der Waals surface area contributed by atoms with Crippen LogP contribution < -0.4 is 19.7 Å². The molecule has 0 aliphatic carbocycles. The summed E-state index contributed by atoms with van der Waals surface area (Å²) >= 11 is 1.57. The van der Waals surface area contributed by atoms with Gasteiger partial charge in [-0.15, -0.1) is 11.3 Å². The van der Waals surface area contributed by atoms with Crippen LogP contribution in [0.25, 0.3) is 43.4 Å². The molecule has 5 aliphatic rings. The van der Waals surface area contributed by atoms with E-state index < -0.39 is 46.7 Å².